The van der Waals surface area contributed by atoms with Gasteiger partial charge in [-0.2, -0.15) is 0 Å². The average Bonchev–Trinajstić information content (AvgIpc) is 2.35. The van der Waals surface area contributed by atoms with Gasteiger partial charge in [-0.15, -0.1) is 0 Å². The first-order valence-electron chi connectivity index (χ1n) is 6.00. The van der Waals surface area contributed by atoms with E-state index in [2.05, 4.69) is 17.3 Å². The average molecular weight is 271 g/mol. The van der Waals surface area contributed by atoms with Crippen molar-refractivity contribution >= 4 is 17.5 Å². The molecule has 3 nitrogen and oxygen atoms in total. The van der Waals surface area contributed by atoms with E-state index in [-0.39, 0.29) is 17.0 Å². The Morgan fingerprint density at radius 3 is 2.72 bits per heavy atom. The summed E-state index contributed by atoms with van der Waals surface area (Å²) in [7, 11) is 2.07. The second-order valence-electron chi connectivity index (χ2n) is 4.68. The van der Waals surface area contributed by atoms with Gasteiger partial charge in [-0.25, -0.2) is 4.39 Å². The number of carbonyl (C=O) groups is 1. The maximum atomic E-state index is 13.0. The normalized spacial score (nSPS) is 17.7. The molecule has 18 heavy (non-hydrogen) atoms. The summed E-state index contributed by atoms with van der Waals surface area (Å²) >= 11 is 5.66. The highest BCUT2D eigenvalue weighted by Gasteiger charge is 2.19. The van der Waals surface area contributed by atoms with Crippen LogP contribution in [0.3, 0.4) is 0 Å². The first kappa shape index (κ1) is 13.3. The van der Waals surface area contributed by atoms with Gasteiger partial charge < -0.3 is 10.2 Å². The van der Waals surface area contributed by atoms with Crippen LogP contribution in [0.5, 0.6) is 0 Å². The summed E-state index contributed by atoms with van der Waals surface area (Å²) < 4.78 is 13.0. The molecule has 98 valence electrons. The molecule has 1 amide bonds. The Kier molecular flexibility index (Phi) is 4.19. The predicted octanol–water partition coefficient (Wildman–Crippen LogP) is 2.30. The lowest BCUT2D eigenvalue weighted by Gasteiger charge is -2.29. The van der Waals surface area contributed by atoms with Crippen molar-refractivity contribution in [1.29, 1.82) is 0 Å². The third kappa shape index (κ3) is 3.21. The number of carbonyl (C=O) groups excluding carboxylic acids is 1. The van der Waals surface area contributed by atoms with E-state index >= 15 is 0 Å². The molecule has 0 spiro atoms. The van der Waals surface area contributed by atoms with E-state index < -0.39 is 5.82 Å². The minimum Gasteiger partial charge on any atom is -0.349 e. The second kappa shape index (κ2) is 5.67. The Morgan fingerprint density at radius 2 is 2.11 bits per heavy atom. The third-order valence-corrected chi connectivity index (χ3v) is 3.53. The highest BCUT2D eigenvalue weighted by molar-refractivity contribution is 6.31. The number of hydrogen-bond donors (Lipinski definition) is 1. The summed E-state index contributed by atoms with van der Waals surface area (Å²) in [5, 5.41) is 2.93. The molecular weight excluding hydrogens is 255 g/mol. The fourth-order valence-corrected chi connectivity index (χ4v) is 2.24. The molecule has 0 bridgehead atoms. The number of rotatable bonds is 2. The van der Waals surface area contributed by atoms with Crippen LogP contribution in [-0.2, 0) is 0 Å². The Bertz CT molecular complexity index is 445. The SMILES string of the molecule is CN1CCC(NC(=O)c2ccc(F)c(Cl)c2)CC1. The van der Waals surface area contributed by atoms with Gasteiger partial charge in [-0.05, 0) is 51.2 Å². The van der Waals surface area contributed by atoms with Crippen molar-refractivity contribution in [2.45, 2.75) is 18.9 Å². The van der Waals surface area contributed by atoms with Crippen molar-refractivity contribution in [3.63, 3.8) is 0 Å². The summed E-state index contributed by atoms with van der Waals surface area (Å²) in [5.41, 5.74) is 0.403. The van der Waals surface area contributed by atoms with Crippen molar-refractivity contribution < 1.29 is 9.18 Å². The van der Waals surface area contributed by atoms with E-state index in [9.17, 15) is 9.18 Å². The molecule has 5 heteroatoms. The Morgan fingerprint density at radius 1 is 1.44 bits per heavy atom. The standard InChI is InChI=1S/C13H16ClFN2O/c1-17-6-4-10(5-7-17)16-13(18)9-2-3-12(15)11(14)8-9/h2-3,8,10H,4-7H2,1H3,(H,16,18). The van der Waals surface area contributed by atoms with Crippen LogP contribution in [0, 0.1) is 5.82 Å². The molecule has 1 N–H and O–H groups in total. The van der Waals surface area contributed by atoms with Gasteiger partial charge in [0.25, 0.3) is 5.91 Å². The highest BCUT2D eigenvalue weighted by atomic mass is 35.5. The molecule has 0 radical (unpaired) electrons. The Labute approximate surface area is 111 Å². The molecule has 0 aromatic heterocycles. The molecule has 1 saturated heterocycles. The third-order valence-electron chi connectivity index (χ3n) is 3.24. The van der Waals surface area contributed by atoms with Gasteiger partial charge in [0.05, 0.1) is 5.02 Å². The van der Waals surface area contributed by atoms with Crippen molar-refractivity contribution in [3.8, 4) is 0 Å². The van der Waals surface area contributed by atoms with Gasteiger partial charge in [0, 0.05) is 11.6 Å². The largest absolute Gasteiger partial charge is 0.349 e. The van der Waals surface area contributed by atoms with Crippen LogP contribution in [0.2, 0.25) is 5.02 Å². The molecule has 1 aliphatic rings. The molecular formula is C13H16ClFN2O. The molecule has 0 aliphatic carbocycles. The van der Waals surface area contributed by atoms with E-state index in [0.717, 1.165) is 25.9 Å². The molecule has 1 heterocycles. The lowest BCUT2D eigenvalue weighted by atomic mass is 10.0. The first-order valence-corrected chi connectivity index (χ1v) is 6.38. The van der Waals surface area contributed by atoms with Gasteiger partial charge >= 0.3 is 0 Å². The zero-order valence-electron chi connectivity index (χ0n) is 10.2. The van der Waals surface area contributed by atoms with Crippen LogP contribution in [0.1, 0.15) is 23.2 Å². The smallest absolute Gasteiger partial charge is 0.251 e. The Hall–Kier alpha value is -1.13. The summed E-state index contributed by atoms with van der Waals surface area (Å²) in [4.78, 5) is 14.2. The number of nitrogens with one attached hydrogen (secondary N) is 1. The molecule has 0 atom stereocenters. The molecule has 0 unspecified atom stereocenters. The highest BCUT2D eigenvalue weighted by Crippen LogP contribution is 2.16. The lowest BCUT2D eigenvalue weighted by molar-refractivity contribution is 0.0917. The lowest BCUT2D eigenvalue weighted by Crippen LogP contribution is -2.43. The number of benzene rings is 1. The summed E-state index contributed by atoms with van der Waals surface area (Å²) in [6.07, 6.45) is 1.88. The predicted molar refractivity (Wildman–Crippen MR) is 69.4 cm³/mol. The van der Waals surface area contributed by atoms with E-state index in [1.165, 1.54) is 18.2 Å². The molecule has 2 rings (SSSR count). The summed E-state index contributed by atoms with van der Waals surface area (Å²) in [5.74, 6) is -0.695. The molecule has 1 aromatic carbocycles. The van der Waals surface area contributed by atoms with Crippen molar-refractivity contribution in [2.75, 3.05) is 20.1 Å². The van der Waals surface area contributed by atoms with Gasteiger partial charge in [0.2, 0.25) is 0 Å². The summed E-state index contributed by atoms with van der Waals surface area (Å²) in [6.45, 7) is 1.96. The zero-order valence-corrected chi connectivity index (χ0v) is 11.0. The molecule has 1 aliphatic heterocycles. The topological polar surface area (TPSA) is 32.3 Å². The molecule has 1 aromatic rings. The van der Waals surface area contributed by atoms with Crippen molar-refractivity contribution in [2.24, 2.45) is 0 Å². The number of amides is 1. The van der Waals surface area contributed by atoms with Crippen molar-refractivity contribution in [3.05, 3.63) is 34.6 Å². The zero-order chi connectivity index (χ0) is 13.1. The quantitative estimate of drug-likeness (QED) is 0.894. The van der Waals surface area contributed by atoms with Crippen LogP contribution >= 0.6 is 11.6 Å². The number of hydrogen-bond acceptors (Lipinski definition) is 2. The summed E-state index contributed by atoms with van der Waals surface area (Å²) in [6, 6.07) is 4.22. The first-order chi connectivity index (χ1) is 8.56. The van der Waals surface area contributed by atoms with E-state index in [4.69, 9.17) is 11.6 Å². The second-order valence-corrected chi connectivity index (χ2v) is 5.09. The number of nitrogens with zero attached hydrogens (tertiary/aromatic N) is 1. The van der Waals surface area contributed by atoms with Crippen LogP contribution < -0.4 is 5.32 Å². The van der Waals surface area contributed by atoms with Crippen LogP contribution in [0.15, 0.2) is 18.2 Å². The maximum absolute atomic E-state index is 13.0. The number of piperidine rings is 1. The van der Waals surface area contributed by atoms with Crippen LogP contribution in [0.25, 0.3) is 0 Å². The number of likely N-dealkylation sites (tertiary alicyclic amines) is 1. The monoisotopic (exact) mass is 270 g/mol. The molecule has 0 saturated carbocycles. The Balaban J connectivity index is 1.97. The van der Waals surface area contributed by atoms with E-state index in [0.29, 0.717) is 5.56 Å². The van der Waals surface area contributed by atoms with Gasteiger partial charge in [-0.1, -0.05) is 11.6 Å². The van der Waals surface area contributed by atoms with E-state index in [1.807, 2.05) is 0 Å². The minimum absolute atomic E-state index is 0.0222. The van der Waals surface area contributed by atoms with Gasteiger partial charge in [-0.3, -0.25) is 4.79 Å². The van der Waals surface area contributed by atoms with Crippen LogP contribution in [-0.4, -0.2) is 37.0 Å². The minimum atomic E-state index is -0.507. The maximum Gasteiger partial charge on any atom is 0.251 e. The van der Waals surface area contributed by atoms with Gasteiger partial charge in [0.15, 0.2) is 0 Å². The fourth-order valence-electron chi connectivity index (χ4n) is 2.06. The van der Waals surface area contributed by atoms with Gasteiger partial charge in [0.1, 0.15) is 5.82 Å². The fraction of sp³-hybridized carbons (Fsp3) is 0.462. The van der Waals surface area contributed by atoms with Crippen molar-refractivity contribution in [1.82, 2.24) is 10.2 Å². The van der Waals surface area contributed by atoms with Crippen LogP contribution in [0.4, 0.5) is 4.39 Å². The number of halogens is 2. The molecule has 1 fully saturated rings. The van der Waals surface area contributed by atoms with E-state index in [1.54, 1.807) is 0 Å².